The summed E-state index contributed by atoms with van der Waals surface area (Å²) >= 11 is 0. The van der Waals surface area contributed by atoms with E-state index < -0.39 is 24.5 Å². The van der Waals surface area contributed by atoms with Crippen molar-refractivity contribution in [1.29, 1.82) is 0 Å². The lowest BCUT2D eigenvalue weighted by Crippen LogP contribution is -2.55. The van der Waals surface area contributed by atoms with Crippen molar-refractivity contribution in [2.45, 2.75) is 45.6 Å². The monoisotopic (exact) mass is 291 g/mol. The zero-order valence-electron chi connectivity index (χ0n) is 11.4. The van der Waals surface area contributed by atoms with Crippen molar-refractivity contribution in [2.75, 3.05) is 6.54 Å². The maximum absolute atomic E-state index is 11.4. The van der Waals surface area contributed by atoms with Gasteiger partial charge in [0.05, 0.1) is 17.6 Å². The number of hydrogen-bond donors (Lipinski definition) is 1. The molecule has 10 heteroatoms. The lowest BCUT2D eigenvalue weighted by atomic mass is 10.1. The number of carboxylic acid groups (broad SMARTS) is 1. The van der Waals surface area contributed by atoms with Crippen LogP contribution in [0.25, 0.3) is 0 Å². The molecule has 1 saturated heterocycles. The van der Waals surface area contributed by atoms with Gasteiger partial charge in [-0.3, -0.25) is 4.84 Å². The maximum Gasteiger partial charge on any atom is 0.511 e. The Morgan fingerprint density at radius 1 is 1.40 bits per heavy atom. The van der Waals surface area contributed by atoms with Crippen LogP contribution < -0.4 is 0 Å². The fourth-order valence-electron chi connectivity index (χ4n) is 1.36. The average molecular weight is 291 g/mol. The third-order valence-corrected chi connectivity index (χ3v) is 2.36. The van der Waals surface area contributed by atoms with Crippen LogP contribution in [-0.2, 0) is 19.1 Å². The van der Waals surface area contributed by atoms with Crippen molar-refractivity contribution in [3.63, 3.8) is 0 Å². The molecule has 0 amide bonds. The smallest absolute Gasteiger partial charge is 0.511 e. The molecule has 0 aromatic carbocycles. The van der Waals surface area contributed by atoms with E-state index in [0.29, 0.717) is 6.42 Å². The van der Waals surface area contributed by atoms with E-state index in [1.165, 1.54) is 6.92 Å². The Bertz CT molecular complexity index is 398. The SMILES string of the molecule is CC(C)OC(=O)OC(C)O/N=[N+](\[O-])N1CC[C@H]1C(=O)O. The summed E-state index contributed by atoms with van der Waals surface area (Å²) in [5, 5.41) is 24.3. The van der Waals surface area contributed by atoms with Crippen LogP contribution in [0.15, 0.2) is 5.28 Å². The Morgan fingerprint density at radius 3 is 2.50 bits per heavy atom. The van der Waals surface area contributed by atoms with Crippen LogP contribution in [0.5, 0.6) is 0 Å². The summed E-state index contributed by atoms with van der Waals surface area (Å²) in [6.07, 6.45) is -2.08. The predicted molar refractivity (Wildman–Crippen MR) is 62.1 cm³/mol. The van der Waals surface area contributed by atoms with Crippen LogP contribution in [0.3, 0.4) is 0 Å². The number of nitrogens with zero attached hydrogens (tertiary/aromatic N) is 3. The molecule has 1 heterocycles. The van der Waals surface area contributed by atoms with Gasteiger partial charge in [0.25, 0.3) is 6.29 Å². The predicted octanol–water partition coefficient (Wildman–Crippen LogP) is 0.862. The van der Waals surface area contributed by atoms with Crippen molar-refractivity contribution in [1.82, 2.24) is 5.01 Å². The lowest BCUT2D eigenvalue weighted by molar-refractivity contribution is -0.730. The van der Waals surface area contributed by atoms with Crippen molar-refractivity contribution in [3.05, 3.63) is 5.21 Å². The normalized spacial score (nSPS) is 20.1. The first kappa shape index (κ1) is 15.8. The van der Waals surface area contributed by atoms with E-state index in [9.17, 15) is 14.8 Å². The zero-order chi connectivity index (χ0) is 15.3. The molecular formula is C10H17N3O7. The second-order valence-electron chi connectivity index (χ2n) is 4.35. The highest BCUT2D eigenvalue weighted by Crippen LogP contribution is 2.17. The molecule has 2 atom stereocenters. The number of hydrogen-bond acceptors (Lipinski definition) is 7. The van der Waals surface area contributed by atoms with Gasteiger partial charge in [0.1, 0.15) is 0 Å². The molecule has 1 N–H and O–H groups in total. The molecule has 1 aliphatic heterocycles. The lowest BCUT2D eigenvalue weighted by Gasteiger charge is -2.32. The highest BCUT2D eigenvalue weighted by molar-refractivity contribution is 5.74. The van der Waals surface area contributed by atoms with Crippen LogP contribution in [0.1, 0.15) is 27.2 Å². The first-order chi connectivity index (χ1) is 9.31. The van der Waals surface area contributed by atoms with Crippen LogP contribution in [0, 0.1) is 5.21 Å². The summed E-state index contributed by atoms with van der Waals surface area (Å²) in [5.41, 5.74) is 0. The molecule has 0 aromatic heterocycles. The van der Waals surface area contributed by atoms with Gasteiger partial charge in [-0.05, 0) is 13.8 Å². The molecule has 0 aliphatic carbocycles. The molecule has 1 unspecified atom stereocenters. The van der Waals surface area contributed by atoms with E-state index in [1.54, 1.807) is 13.8 Å². The molecule has 1 rings (SSSR count). The fourth-order valence-corrected chi connectivity index (χ4v) is 1.36. The molecule has 10 nitrogen and oxygen atoms in total. The molecule has 0 radical (unpaired) electrons. The highest BCUT2D eigenvalue weighted by Gasteiger charge is 2.41. The van der Waals surface area contributed by atoms with Gasteiger partial charge in [-0.25, -0.2) is 9.59 Å². The number of rotatable bonds is 6. The summed E-state index contributed by atoms with van der Waals surface area (Å²) in [4.78, 5) is 26.5. The Labute approximate surface area is 115 Å². The minimum Gasteiger partial charge on any atom is -0.569 e. The number of ether oxygens (including phenoxy) is 2. The Balaban J connectivity index is 2.39. The largest absolute Gasteiger partial charge is 0.569 e. The maximum atomic E-state index is 11.4. The quantitative estimate of drug-likeness (QED) is 0.251. The van der Waals surface area contributed by atoms with Gasteiger partial charge in [0, 0.05) is 13.3 Å². The number of hydrazine groups is 1. The second kappa shape index (κ2) is 6.78. The first-order valence-corrected chi connectivity index (χ1v) is 6.02. The zero-order valence-corrected chi connectivity index (χ0v) is 11.4. The molecule has 0 saturated carbocycles. The van der Waals surface area contributed by atoms with Crippen LogP contribution in [0.4, 0.5) is 4.79 Å². The van der Waals surface area contributed by atoms with Gasteiger partial charge in [0.2, 0.25) is 5.28 Å². The minimum absolute atomic E-state index is 0.0237. The molecule has 1 aliphatic rings. The van der Waals surface area contributed by atoms with Crippen molar-refractivity contribution < 1.29 is 34.0 Å². The highest BCUT2D eigenvalue weighted by atomic mass is 16.8. The van der Waals surface area contributed by atoms with E-state index >= 15 is 0 Å². The summed E-state index contributed by atoms with van der Waals surface area (Å²) < 4.78 is 9.33. The minimum atomic E-state index is -1.14. The molecule has 0 spiro atoms. The van der Waals surface area contributed by atoms with Gasteiger partial charge in [-0.2, -0.15) is 0 Å². The number of carbonyl (C=O) groups is 2. The van der Waals surface area contributed by atoms with E-state index in [4.69, 9.17) is 9.84 Å². The third kappa shape index (κ3) is 4.44. The molecule has 0 bridgehead atoms. The second-order valence-corrected chi connectivity index (χ2v) is 4.35. The Hall–Kier alpha value is -2.26. The summed E-state index contributed by atoms with van der Waals surface area (Å²) in [7, 11) is 0. The summed E-state index contributed by atoms with van der Waals surface area (Å²) in [6, 6.07) is -0.915. The first-order valence-electron chi connectivity index (χ1n) is 6.02. The van der Waals surface area contributed by atoms with E-state index in [-0.39, 0.29) is 17.6 Å². The van der Waals surface area contributed by atoms with Gasteiger partial charge in [-0.15, -0.1) is 5.01 Å². The summed E-state index contributed by atoms with van der Waals surface area (Å²) in [6.45, 7) is 4.89. The van der Waals surface area contributed by atoms with Crippen LogP contribution in [-0.4, -0.2) is 52.2 Å². The standard InChI is InChI=1S/C10H17N3O7/c1-6(2)18-10(16)19-7(3)20-11-13(17)12-5-4-8(12)9(14)15/h6-8H,4-5H2,1-3H3,(H,14,15)/b13-11-/t7?,8-/m0/s1. The van der Waals surface area contributed by atoms with Gasteiger partial charge < -0.3 is 19.8 Å². The molecular weight excluding hydrogens is 274 g/mol. The average Bonchev–Trinajstić information content (AvgIpc) is 2.22. The number of carbonyl (C=O) groups excluding carboxylic acids is 1. The molecule has 20 heavy (non-hydrogen) atoms. The van der Waals surface area contributed by atoms with Crippen LogP contribution >= 0.6 is 0 Å². The molecule has 1 fully saturated rings. The summed E-state index contributed by atoms with van der Waals surface area (Å²) in [5.74, 6) is -1.11. The fraction of sp³-hybridized carbons (Fsp3) is 0.800. The Kier molecular flexibility index (Phi) is 5.35. The van der Waals surface area contributed by atoms with Gasteiger partial charge >= 0.3 is 12.1 Å². The van der Waals surface area contributed by atoms with E-state index in [2.05, 4.69) is 14.9 Å². The third-order valence-electron chi connectivity index (χ3n) is 2.36. The van der Waals surface area contributed by atoms with Crippen LogP contribution in [0.2, 0.25) is 0 Å². The number of carboxylic acids is 1. The molecule has 114 valence electrons. The van der Waals surface area contributed by atoms with Crippen molar-refractivity contribution >= 4 is 12.1 Å². The van der Waals surface area contributed by atoms with E-state index in [0.717, 1.165) is 5.01 Å². The topological polar surface area (TPSA) is 124 Å². The van der Waals surface area contributed by atoms with Gasteiger partial charge in [0.15, 0.2) is 6.04 Å². The van der Waals surface area contributed by atoms with Crippen molar-refractivity contribution in [3.8, 4) is 0 Å². The molecule has 0 aromatic rings. The van der Waals surface area contributed by atoms with Crippen molar-refractivity contribution in [2.24, 2.45) is 5.28 Å². The Morgan fingerprint density at radius 2 is 2.05 bits per heavy atom. The number of aliphatic carboxylic acids is 1. The van der Waals surface area contributed by atoms with E-state index in [1.807, 2.05) is 0 Å². The van der Waals surface area contributed by atoms with Gasteiger partial charge in [-0.1, -0.05) is 0 Å².